The van der Waals surface area contributed by atoms with Gasteiger partial charge < -0.3 is 16.4 Å². The molecule has 0 fully saturated rings. The van der Waals surface area contributed by atoms with E-state index in [0.717, 1.165) is 0 Å². The third kappa shape index (κ3) is 4.58. The van der Waals surface area contributed by atoms with Gasteiger partial charge in [-0.15, -0.1) is 0 Å². The number of halogens is 2. The highest BCUT2D eigenvalue weighted by Gasteiger charge is 2.07. The second-order valence-corrected chi connectivity index (χ2v) is 5.63. The lowest BCUT2D eigenvalue weighted by molar-refractivity contribution is 0.262. The van der Waals surface area contributed by atoms with Gasteiger partial charge >= 0.3 is 6.03 Å². The number of benzene rings is 2. The Morgan fingerprint density at radius 2 is 1.92 bits per heavy atom. The first-order valence-corrected chi connectivity index (χ1v) is 7.86. The summed E-state index contributed by atoms with van der Waals surface area (Å²) in [6.45, 7) is 0. The third-order valence-corrected chi connectivity index (χ3v) is 3.51. The van der Waals surface area contributed by atoms with E-state index in [1.165, 1.54) is 30.5 Å². The maximum Gasteiger partial charge on any atom is 0.324 e. The molecule has 0 bridgehead atoms. The zero-order valence-corrected chi connectivity index (χ0v) is 14.1. The van der Waals surface area contributed by atoms with Crippen molar-refractivity contribution < 1.29 is 9.18 Å². The average molecular weight is 373 g/mol. The number of rotatable bonds is 4. The molecule has 0 unspecified atom stereocenters. The molecular weight excluding hydrogens is 359 g/mol. The van der Waals surface area contributed by atoms with Gasteiger partial charge in [0.1, 0.15) is 11.6 Å². The van der Waals surface area contributed by atoms with Crippen molar-refractivity contribution in [2.24, 2.45) is 0 Å². The lowest BCUT2D eigenvalue weighted by Crippen LogP contribution is -2.20. The van der Waals surface area contributed by atoms with Crippen molar-refractivity contribution in [3.05, 3.63) is 65.6 Å². The van der Waals surface area contributed by atoms with Gasteiger partial charge in [-0.2, -0.15) is 4.98 Å². The SMILES string of the molecule is Nc1cccc(NC(=O)Nc2ccnc(Nc3ccc(F)c(Cl)c3)n2)c1. The minimum atomic E-state index is -0.522. The molecule has 3 aromatic rings. The molecule has 0 aliphatic heterocycles. The first kappa shape index (κ1) is 17.4. The number of nitrogens with one attached hydrogen (secondary N) is 3. The fourth-order valence-electron chi connectivity index (χ4n) is 2.09. The van der Waals surface area contributed by atoms with Gasteiger partial charge in [-0.3, -0.25) is 5.32 Å². The van der Waals surface area contributed by atoms with E-state index < -0.39 is 11.8 Å². The summed E-state index contributed by atoms with van der Waals surface area (Å²) in [4.78, 5) is 20.2. The van der Waals surface area contributed by atoms with E-state index >= 15 is 0 Å². The topological polar surface area (TPSA) is 105 Å². The van der Waals surface area contributed by atoms with Gasteiger partial charge in [0.15, 0.2) is 0 Å². The Bertz CT molecular complexity index is 952. The molecule has 7 nitrogen and oxygen atoms in total. The minimum absolute atomic E-state index is 0.0224. The van der Waals surface area contributed by atoms with Crippen LogP contribution in [0, 0.1) is 5.82 Å². The number of hydrogen-bond acceptors (Lipinski definition) is 5. The van der Waals surface area contributed by atoms with Crippen LogP contribution in [0.15, 0.2) is 54.7 Å². The molecule has 1 heterocycles. The fourth-order valence-corrected chi connectivity index (χ4v) is 2.27. The summed E-state index contributed by atoms with van der Waals surface area (Å²) >= 11 is 5.74. The summed E-state index contributed by atoms with van der Waals surface area (Å²) in [5.41, 5.74) is 7.27. The summed E-state index contributed by atoms with van der Waals surface area (Å²) in [6.07, 6.45) is 1.47. The molecule has 2 aromatic carbocycles. The summed E-state index contributed by atoms with van der Waals surface area (Å²) < 4.78 is 13.2. The molecular formula is C17H14ClFN6O. The number of anilines is 5. The number of urea groups is 1. The smallest absolute Gasteiger partial charge is 0.324 e. The molecule has 0 saturated carbocycles. The molecule has 0 radical (unpaired) electrons. The number of carbonyl (C=O) groups excluding carboxylic acids is 1. The normalized spacial score (nSPS) is 10.2. The van der Waals surface area contributed by atoms with Gasteiger partial charge in [-0.25, -0.2) is 14.2 Å². The van der Waals surface area contributed by atoms with Crippen LogP contribution >= 0.6 is 11.6 Å². The Hall–Kier alpha value is -3.39. The highest BCUT2D eigenvalue weighted by Crippen LogP contribution is 2.21. The lowest BCUT2D eigenvalue weighted by atomic mass is 10.3. The molecule has 0 aliphatic rings. The Morgan fingerprint density at radius 3 is 2.69 bits per heavy atom. The van der Waals surface area contributed by atoms with E-state index in [9.17, 15) is 9.18 Å². The fraction of sp³-hybridized carbons (Fsp3) is 0. The molecule has 2 amide bonds. The van der Waals surface area contributed by atoms with E-state index in [4.69, 9.17) is 17.3 Å². The van der Waals surface area contributed by atoms with Gasteiger partial charge in [0.2, 0.25) is 5.95 Å². The van der Waals surface area contributed by atoms with Crippen molar-refractivity contribution in [2.75, 3.05) is 21.7 Å². The van der Waals surface area contributed by atoms with E-state index in [2.05, 4.69) is 25.9 Å². The van der Waals surface area contributed by atoms with Gasteiger partial charge in [0.25, 0.3) is 0 Å². The predicted octanol–water partition coefficient (Wildman–Crippen LogP) is 4.24. The van der Waals surface area contributed by atoms with Crippen LogP contribution in [0.25, 0.3) is 0 Å². The number of amides is 2. The van der Waals surface area contributed by atoms with E-state index in [1.54, 1.807) is 24.3 Å². The third-order valence-electron chi connectivity index (χ3n) is 3.22. The molecule has 1 aromatic heterocycles. The molecule has 0 saturated heterocycles. The average Bonchev–Trinajstić information content (AvgIpc) is 2.58. The minimum Gasteiger partial charge on any atom is -0.399 e. The van der Waals surface area contributed by atoms with Crippen LogP contribution in [0.1, 0.15) is 0 Å². The Labute approximate surface area is 153 Å². The molecule has 0 spiro atoms. The number of nitrogens with zero attached hydrogens (tertiary/aromatic N) is 2. The van der Waals surface area contributed by atoms with E-state index in [0.29, 0.717) is 17.1 Å². The van der Waals surface area contributed by atoms with Crippen LogP contribution in [0.3, 0.4) is 0 Å². The number of carbonyl (C=O) groups is 1. The lowest BCUT2D eigenvalue weighted by Gasteiger charge is -2.09. The van der Waals surface area contributed by atoms with Crippen LogP contribution in [0.4, 0.5) is 38.0 Å². The number of nitrogens with two attached hydrogens (primary N) is 1. The van der Waals surface area contributed by atoms with Crippen molar-refractivity contribution in [3.63, 3.8) is 0 Å². The van der Waals surface area contributed by atoms with Crippen LogP contribution in [-0.2, 0) is 0 Å². The highest BCUT2D eigenvalue weighted by atomic mass is 35.5. The van der Waals surface area contributed by atoms with Crippen molar-refractivity contribution in [3.8, 4) is 0 Å². The van der Waals surface area contributed by atoms with Crippen LogP contribution in [-0.4, -0.2) is 16.0 Å². The van der Waals surface area contributed by atoms with Gasteiger partial charge in [-0.05, 0) is 42.5 Å². The number of aromatic nitrogens is 2. The number of nitrogen functional groups attached to an aromatic ring is 1. The maximum atomic E-state index is 13.2. The van der Waals surface area contributed by atoms with Crippen LogP contribution in [0.5, 0.6) is 0 Å². The largest absolute Gasteiger partial charge is 0.399 e. The summed E-state index contributed by atoms with van der Waals surface area (Å²) in [5, 5.41) is 8.09. The van der Waals surface area contributed by atoms with E-state index in [-0.39, 0.29) is 16.8 Å². The van der Waals surface area contributed by atoms with E-state index in [1.807, 2.05) is 0 Å². The summed E-state index contributed by atoms with van der Waals surface area (Å²) in [6, 6.07) is 12.0. The first-order chi connectivity index (χ1) is 12.5. The zero-order chi connectivity index (χ0) is 18.5. The van der Waals surface area contributed by atoms with Crippen LogP contribution < -0.4 is 21.7 Å². The molecule has 0 aliphatic carbocycles. The summed E-state index contributed by atoms with van der Waals surface area (Å²) in [7, 11) is 0. The Balaban J connectivity index is 1.66. The van der Waals surface area contributed by atoms with Crippen molar-refractivity contribution in [1.29, 1.82) is 0 Å². The zero-order valence-electron chi connectivity index (χ0n) is 13.3. The quantitative estimate of drug-likeness (QED) is 0.513. The van der Waals surface area contributed by atoms with Gasteiger partial charge in [0, 0.05) is 23.3 Å². The van der Waals surface area contributed by atoms with Crippen molar-refractivity contribution >= 4 is 46.5 Å². The molecule has 132 valence electrons. The second-order valence-electron chi connectivity index (χ2n) is 5.22. The number of hydrogen-bond donors (Lipinski definition) is 4. The van der Waals surface area contributed by atoms with Gasteiger partial charge in [0.05, 0.1) is 5.02 Å². The summed E-state index contributed by atoms with van der Waals surface area (Å²) in [5.74, 6) is -0.0293. The molecule has 26 heavy (non-hydrogen) atoms. The Morgan fingerprint density at radius 1 is 1.08 bits per heavy atom. The van der Waals surface area contributed by atoms with Crippen molar-refractivity contribution in [1.82, 2.24) is 9.97 Å². The van der Waals surface area contributed by atoms with Crippen molar-refractivity contribution in [2.45, 2.75) is 0 Å². The van der Waals surface area contributed by atoms with Crippen LogP contribution in [0.2, 0.25) is 5.02 Å². The molecule has 9 heteroatoms. The molecule has 3 rings (SSSR count). The molecule has 5 N–H and O–H groups in total. The first-order valence-electron chi connectivity index (χ1n) is 7.48. The Kier molecular flexibility index (Phi) is 5.14. The molecule has 0 atom stereocenters. The standard InChI is InChI=1S/C17H14ClFN6O/c18-13-9-12(4-5-14(13)19)22-16-21-7-6-15(24-16)25-17(26)23-11-3-1-2-10(20)8-11/h1-9H,20H2,(H3,21,22,23,24,25,26). The highest BCUT2D eigenvalue weighted by molar-refractivity contribution is 6.31. The maximum absolute atomic E-state index is 13.2. The monoisotopic (exact) mass is 372 g/mol. The second kappa shape index (κ2) is 7.66. The predicted molar refractivity (Wildman–Crippen MR) is 100 cm³/mol. The van der Waals surface area contributed by atoms with Gasteiger partial charge in [-0.1, -0.05) is 17.7 Å².